The summed E-state index contributed by atoms with van der Waals surface area (Å²) in [6, 6.07) is 7.14. The Labute approximate surface area is 133 Å². The highest BCUT2D eigenvalue weighted by atomic mass is 32.2. The second kappa shape index (κ2) is 7.26. The van der Waals surface area contributed by atoms with Crippen LogP contribution in [0.15, 0.2) is 34.9 Å². The molecule has 1 aromatic carbocycles. The molecule has 8 heteroatoms. The van der Waals surface area contributed by atoms with Crippen LogP contribution in [0.5, 0.6) is 0 Å². The molecule has 0 radical (unpaired) electrons. The Kier molecular flexibility index (Phi) is 5.60. The lowest BCUT2D eigenvalue weighted by molar-refractivity contribution is 0.394. The van der Waals surface area contributed by atoms with Crippen LogP contribution >= 0.6 is 11.8 Å². The number of nitrogens with zero attached hydrogens (tertiary/aromatic N) is 1. The van der Waals surface area contributed by atoms with Gasteiger partial charge in [0.2, 0.25) is 10.0 Å². The highest BCUT2D eigenvalue weighted by Crippen LogP contribution is 2.20. The van der Waals surface area contributed by atoms with Crippen LogP contribution in [0.25, 0.3) is 11.3 Å². The van der Waals surface area contributed by atoms with Crippen LogP contribution in [0.1, 0.15) is 12.7 Å². The van der Waals surface area contributed by atoms with E-state index in [0.29, 0.717) is 17.0 Å². The zero-order valence-electron chi connectivity index (χ0n) is 12.2. The summed E-state index contributed by atoms with van der Waals surface area (Å²) in [7, 11) is -3.49. The van der Waals surface area contributed by atoms with Gasteiger partial charge in [-0.25, -0.2) is 17.5 Å². The highest BCUT2D eigenvalue weighted by molar-refractivity contribution is 7.98. The van der Waals surface area contributed by atoms with E-state index in [1.165, 1.54) is 12.1 Å². The molecular formula is C14H17FN2O3S2. The van der Waals surface area contributed by atoms with E-state index in [-0.39, 0.29) is 23.4 Å². The number of hydrogen-bond donors (Lipinski definition) is 1. The molecule has 0 amide bonds. The monoisotopic (exact) mass is 344 g/mol. The Morgan fingerprint density at radius 3 is 2.68 bits per heavy atom. The first-order valence-electron chi connectivity index (χ1n) is 6.60. The van der Waals surface area contributed by atoms with Crippen LogP contribution < -0.4 is 4.72 Å². The maximum absolute atomic E-state index is 12.9. The molecule has 5 nitrogen and oxygen atoms in total. The average molecular weight is 344 g/mol. The molecule has 0 spiro atoms. The Hall–Kier alpha value is -1.38. The summed E-state index contributed by atoms with van der Waals surface area (Å²) in [5.74, 6) is 0.307. The maximum Gasteiger partial charge on any atom is 0.219 e. The molecule has 0 aliphatic heterocycles. The fourth-order valence-electron chi connectivity index (χ4n) is 1.96. The zero-order valence-corrected chi connectivity index (χ0v) is 13.9. The van der Waals surface area contributed by atoms with Crippen molar-refractivity contribution in [3.63, 3.8) is 0 Å². The SMILES string of the molecule is CSCC(C)NS(=O)(=O)Cc1cc(-c2ccc(F)cc2)no1. The minimum atomic E-state index is -3.49. The standard InChI is InChI=1S/C14H17FN2O3S2/c1-10(8-21-2)17-22(18,19)9-13-7-14(16-20-13)11-3-5-12(15)6-4-11/h3-7,10,17H,8-9H2,1-2H3. The number of halogens is 1. The van der Waals surface area contributed by atoms with Crippen LogP contribution in [0.2, 0.25) is 0 Å². The van der Waals surface area contributed by atoms with Gasteiger partial charge in [0.05, 0.1) is 0 Å². The number of nitrogens with one attached hydrogen (secondary N) is 1. The van der Waals surface area contributed by atoms with E-state index >= 15 is 0 Å². The number of benzene rings is 1. The summed E-state index contributed by atoms with van der Waals surface area (Å²) in [6.07, 6.45) is 1.91. The molecule has 22 heavy (non-hydrogen) atoms. The second-order valence-electron chi connectivity index (χ2n) is 4.92. The minimum Gasteiger partial charge on any atom is -0.360 e. The van der Waals surface area contributed by atoms with Gasteiger partial charge in [-0.2, -0.15) is 11.8 Å². The van der Waals surface area contributed by atoms with E-state index in [4.69, 9.17) is 4.52 Å². The van der Waals surface area contributed by atoms with E-state index < -0.39 is 10.0 Å². The van der Waals surface area contributed by atoms with E-state index in [0.717, 1.165) is 0 Å². The van der Waals surface area contributed by atoms with Crippen molar-refractivity contribution in [1.82, 2.24) is 9.88 Å². The van der Waals surface area contributed by atoms with Crippen molar-refractivity contribution in [3.8, 4) is 11.3 Å². The summed E-state index contributed by atoms with van der Waals surface area (Å²) in [5, 5.41) is 3.82. The summed E-state index contributed by atoms with van der Waals surface area (Å²) >= 11 is 1.57. The molecule has 0 saturated heterocycles. The fourth-order valence-corrected chi connectivity index (χ4v) is 3.94. The number of rotatable bonds is 7. The van der Waals surface area contributed by atoms with Crippen molar-refractivity contribution in [2.45, 2.75) is 18.7 Å². The molecule has 0 bridgehead atoms. The second-order valence-corrected chi connectivity index (χ2v) is 7.58. The Morgan fingerprint density at radius 1 is 1.36 bits per heavy atom. The van der Waals surface area contributed by atoms with Crippen LogP contribution in [0.3, 0.4) is 0 Å². The lowest BCUT2D eigenvalue weighted by atomic mass is 10.1. The van der Waals surface area contributed by atoms with Crippen LogP contribution in [-0.2, 0) is 15.8 Å². The first kappa shape index (κ1) is 17.0. The van der Waals surface area contributed by atoms with Gasteiger partial charge in [0.15, 0.2) is 5.76 Å². The van der Waals surface area contributed by atoms with E-state index in [1.54, 1.807) is 36.9 Å². The first-order valence-corrected chi connectivity index (χ1v) is 9.65. The number of sulfonamides is 1. The minimum absolute atomic E-state index is 0.153. The van der Waals surface area contributed by atoms with Gasteiger partial charge in [-0.05, 0) is 37.4 Å². The average Bonchev–Trinajstić information content (AvgIpc) is 2.86. The molecule has 1 aromatic heterocycles. The lowest BCUT2D eigenvalue weighted by Crippen LogP contribution is -2.35. The normalized spacial score (nSPS) is 13.2. The Balaban J connectivity index is 2.07. The van der Waals surface area contributed by atoms with Gasteiger partial charge < -0.3 is 4.52 Å². The third-order valence-corrected chi connectivity index (χ3v) is 5.09. The third-order valence-electron chi connectivity index (χ3n) is 2.83. The van der Waals surface area contributed by atoms with Gasteiger partial charge in [0.25, 0.3) is 0 Å². The molecule has 1 atom stereocenters. The predicted octanol–water partition coefficient (Wildman–Crippen LogP) is 2.65. The van der Waals surface area contributed by atoms with Gasteiger partial charge >= 0.3 is 0 Å². The third kappa shape index (κ3) is 4.82. The molecular weight excluding hydrogens is 327 g/mol. The first-order chi connectivity index (χ1) is 10.4. The van der Waals surface area contributed by atoms with Crippen LogP contribution in [-0.4, -0.2) is 31.6 Å². The van der Waals surface area contributed by atoms with Crippen molar-refractivity contribution in [2.24, 2.45) is 0 Å². The smallest absolute Gasteiger partial charge is 0.219 e. The van der Waals surface area contributed by atoms with Crippen molar-refractivity contribution in [2.75, 3.05) is 12.0 Å². The van der Waals surface area contributed by atoms with Gasteiger partial charge in [0.1, 0.15) is 17.3 Å². The number of thioether (sulfide) groups is 1. The number of hydrogen-bond acceptors (Lipinski definition) is 5. The largest absolute Gasteiger partial charge is 0.360 e. The summed E-state index contributed by atoms with van der Waals surface area (Å²) in [5.41, 5.74) is 1.14. The van der Waals surface area contributed by atoms with Gasteiger partial charge in [0, 0.05) is 23.4 Å². The van der Waals surface area contributed by atoms with Crippen LogP contribution in [0, 0.1) is 5.82 Å². The summed E-state index contributed by atoms with van der Waals surface area (Å²) < 4.78 is 44.6. The van der Waals surface area contributed by atoms with Crippen molar-refractivity contribution in [3.05, 3.63) is 41.9 Å². The van der Waals surface area contributed by atoms with Gasteiger partial charge in [-0.3, -0.25) is 0 Å². The Bertz CT molecular complexity index is 714. The maximum atomic E-state index is 12.9. The van der Waals surface area contributed by atoms with Gasteiger partial charge in [-0.15, -0.1) is 0 Å². The van der Waals surface area contributed by atoms with Crippen molar-refractivity contribution in [1.29, 1.82) is 0 Å². The molecule has 0 aliphatic carbocycles. The molecule has 2 rings (SSSR count). The molecule has 1 N–H and O–H groups in total. The van der Waals surface area contributed by atoms with E-state index in [9.17, 15) is 12.8 Å². The summed E-state index contributed by atoms with van der Waals surface area (Å²) in [4.78, 5) is 0. The molecule has 2 aromatic rings. The highest BCUT2D eigenvalue weighted by Gasteiger charge is 2.18. The lowest BCUT2D eigenvalue weighted by Gasteiger charge is -2.11. The van der Waals surface area contributed by atoms with E-state index in [1.807, 2.05) is 6.26 Å². The molecule has 1 unspecified atom stereocenters. The predicted molar refractivity (Wildman–Crippen MR) is 85.5 cm³/mol. The van der Waals surface area contributed by atoms with Gasteiger partial charge in [-0.1, -0.05) is 5.16 Å². The number of aromatic nitrogens is 1. The van der Waals surface area contributed by atoms with Crippen molar-refractivity contribution < 1.29 is 17.3 Å². The summed E-state index contributed by atoms with van der Waals surface area (Å²) in [6.45, 7) is 1.80. The Morgan fingerprint density at radius 2 is 2.05 bits per heavy atom. The zero-order chi connectivity index (χ0) is 16.2. The van der Waals surface area contributed by atoms with E-state index in [2.05, 4.69) is 9.88 Å². The molecule has 0 fully saturated rings. The molecule has 0 saturated carbocycles. The molecule has 0 aliphatic rings. The topological polar surface area (TPSA) is 72.2 Å². The molecule has 120 valence electrons. The fraction of sp³-hybridized carbons (Fsp3) is 0.357. The molecule has 1 heterocycles. The van der Waals surface area contributed by atoms with Crippen LogP contribution in [0.4, 0.5) is 4.39 Å². The quantitative estimate of drug-likeness (QED) is 0.836. The van der Waals surface area contributed by atoms with Crippen molar-refractivity contribution >= 4 is 21.8 Å².